The average Bonchev–Trinajstić information content (AvgIpc) is 3.04. The molecular formula is C22H23N3O4S. The first kappa shape index (κ1) is 20.3. The van der Waals surface area contributed by atoms with Gasteiger partial charge >= 0.3 is 0 Å². The van der Waals surface area contributed by atoms with Gasteiger partial charge in [0, 0.05) is 17.0 Å². The molecule has 1 atom stereocenters. The summed E-state index contributed by atoms with van der Waals surface area (Å²) in [7, 11) is -3.10. The van der Waals surface area contributed by atoms with E-state index in [1.807, 2.05) is 44.2 Å². The van der Waals surface area contributed by atoms with Crippen LogP contribution in [0.4, 0.5) is 0 Å². The molecule has 0 unspecified atom stereocenters. The van der Waals surface area contributed by atoms with Gasteiger partial charge in [0.2, 0.25) is 5.91 Å². The first-order valence-corrected chi connectivity index (χ1v) is 11.6. The number of aryl methyl sites for hydroxylation is 2. The molecule has 156 valence electrons. The van der Waals surface area contributed by atoms with Crippen LogP contribution < -0.4 is 10.9 Å². The predicted molar refractivity (Wildman–Crippen MR) is 116 cm³/mol. The Morgan fingerprint density at radius 1 is 1.17 bits per heavy atom. The Balaban J connectivity index is 1.74. The summed E-state index contributed by atoms with van der Waals surface area (Å²) in [6, 6.07) is 12.8. The summed E-state index contributed by atoms with van der Waals surface area (Å²) in [6.45, 7) is 3.70. The molecule has 1 fully saturated rings. The van der Waals surface area contributed by atoms with E-state index in [0.29, 0.717) is 17.5 Å². The van der Waals surface area contributed by atoms with Crippen molar-refractivity contribution in [3.05, 3.63) is 63.9 Å². The van der Waals surface area contributed by atoms with E-state index in [9.17, 15) is 18.0 Å². The van der Waals surface area contributed by atoms with E-state index in [1.165, 1.54) is 0 Å². The van der Waals surface area contributed by atoms with Crippen LogP contribution in [0.5, 0.6) is 0 Å². The Kier molecular flexibility index (Phi) is 5.19. The van der Waals surface area contributed by atoms with Gasteiger partial charge in [0.05, 0.1) is 22.6 Å². The van der Waals surface area contributed by atoms with Gasteiger partial charge < -0.3 is 5.32 Å². The summed E-state index contributed by atoms with van der Waals surface area (Å²) in [4.78, 5) is 25.5. The molecule has 1 N–H and O–H groups in total. The highest BCUT2D eigenvalue weighted by Crippen LogP contribution is 2.28. The fraction of sp³-hybridized carbons (Fsp3) is 0.318. The average molecular weight is 426 g/mol. The number of aromatic nitrogens is 2. The third-order valence-electron chi connectivity index (χ3n) is 5.41. The van der Waals surface area contributed by atoms with Gasteiger partial charge in [-0.2, -0.15) is 5.10 Å². The molecule has 8 heteroatoms. The van der Waals surface area contributed by atoms with Gasteiger partial charge in [-0.05, 0) is 38.0 Å². The van der Waals surface area contributed by atoms with Crippen LogP contribution in [-0.2, 0) is 21.2 Å². The van der Waals surface area contributed by atoms with Crippen LogP contribution in [0, 0.1) is 13.8 Å². The molecule has 0 radical (unpaired) electrons. The predicted octanol–water partition coefficient (Wildman–Crippen LogP) is 1.98. The number of sulfone groups is 1. The highest BCUT2D eigenvalue weighted by molar-refractivity contribution is 7.91. The summed E-state index contributed by atoms with van der Waals surface area (Å²) >= 11 is 0. The first-order valence-electron chi connectivity index (χ1n) is 9.81. The number of carbonyl (C=O) groups excluding carboxylic acids is 1. The van der Waals surface area contributed by atoms with Crippen LogP contribution >= 0.6 is 0 Å². The maximum absolute atomic E-state index is 13.0. The smallest absolute Gasteiger partial charge is 0.275 e. The van der Waals surface area contributed by atoms with Gasteiger partial charge in [-0.25, -0.2) is 13.1 Å². The Bertz CT molecular complexity index is 1310. The number of fused-ring (bicyclic) bond motifs is 1. The number of amides is 1. The fourth-order valence-corrected chi connectivity index (χ4v) is 5.52. The Labute approximate surface area is 174 Å². The molecular weight excluding hydrogens is 402 g/mol. The minimum Gasteiger partial charge on any atom is -0.351 e. The molecule has 1 aromatic heterocycles. The van der Waals surface area contributed by atoms with E-state index in [-0.39, 0.29) is 23.6 Å². The zero-order valence-corrected chi connectivity index (χ0v) is 17.7. The van der Waals surface area contributed by atoms with E-state index >= 15 is 0 Å². The molecule has 30 heavy (non-hydrogen) atoms. The van der Waals surface area contributed by atoms with Gasteiger partial charge in [0.1, 0.15) is 6.54 Å². The molecule has 1 amide bonds. The largest absolute Gasteiger partial charge is 0.351 e. The second-order valence-corrected chi connectivity index (χ2v) is 10.1. The Morgan fingerprint density at radius 3 is 2.60 bits per heavy atom. The summed E-state index contributed by atoms with van der Waals surface area (Å²) in [5, 5.41) is 8.48. The van der Waals surface area contributed by atoms with Crippen LogP contribution in [0.3, 0.4) is 0 Å². The zero-order valence-electron chi connectivity index (χ0n) is 16.9. The Hall–Kier alpha value is -3.00. The molecule has 3 aromatic rings. The standard InChI is InChI=1S/C22H23N3O4S/c1-14-7-8-15(2)19(11-14)21-17-5-3-4-6-18(17)22(27)25(24-21)12-20(26)23-16-9-10-30(28,29)13-16/h3-8,11,16H,9-10,12-13H2,1-2H3,(H,23,26)/t16-/m1/s1. The van der Waals surface area contributed by atoms with Crippen LogP contribution in [-0.4, -0.2) is 41.7 Å². The minimum absolute atomic E-state index is 0.0630. The number of nitrogens with one attached hydrogen (secondary N) is 1. The topological polar surface area (TPSA) is 98.1 Å². The number of benzene rings is 2. The van der Waals surface area contributed by atoms with Gasteiger partial charge in [0.15, 0.2) is 9.84 Å². The minimum atomic E-state index is -3.10. The fourth-order valence-electron chi connectivity index (χ4n) is 3.85. The lowest BCUT2D eigenvalue weighted by Gasteiger charge is -2.15. The van der Waals surface area contributed by atoms with Crippen LogP contribution in [0.1, 0.15) is 17.5 Å². The Morgan fingerprint density at radius 2 is 1.90 bits per heavy atom. The van der Waals surface area contributed by atoms with Crippen molar-refractivity contribution in [2.24, 2.45) is 0 Å². The monoisotopic (exact) mass is 425 g/mol. The molecule has 4 rings (SSSR count). The molecule has 7 nitrogen and oxygen atoms in total. The van der Waals surface area contributed by atoms with Crippen molar-refractivity contribution in [3.8, 4) is 11.3 Å². The molecule has 1 aliphatic rings. The normalized spacial score (nSPS) is 17.9. The van der Waals surface area contributed by atoms with Crippen molar-refractivity contribution in [3.63, 3.8) is 0 Å². The molecule has 0 spiro atoms. The van der Waals surface area contributed by atoms with Crippen LogP contribution in [0.2, 0.25) is 0 Å². The van der Waals surface area contributed by atoms with Crippen molar-refractivity contribution in [2.75, 3.05) is 11.5 Å². The zero-order chi connectivity index (χ0) is 21.5. The van der Waals surface area contributed by atoms with Crippen LogP contribution in [0.15, 0.2) is 47.3 Å². The number of nitrogens with zero attached hydrogens (tertiary/aromatic N) is 2. The van der Waals surface area contributed by atoms with Gasteiger partial charge in [-0.3, -0.25) is 9.59 Å². The van der Waals surface area contributed by atoms with E-state index in [0.717, 1.165) is 26.8 Å². The summed E-state index contributed by atoms with van der Waals surface area (Å²) in [5.74, 6) is -0.413. The number of carbonyl (C=O) groups is 1. The highest BCUT2D eigenvalue weighted by atomic mass is 32.2. The quantitative estimate of drug-likeness (QED) is 0.689. The summed E-state index contributed by atoms with van der Waals surface area (Å²) in [6.07, 6.45) is 0.391. The lowest BCUT2D eigenvalue weighted by Crippen LogP contribution is -2.40. The first-order chi connectivity index (χ1) is 14.2. The van der Waals surface area contributed by atoms with E-state index in [4.69, 9.17) is 0 Å². The van der Waals surface area contributed by atoms with Crippen molar-refractivity contribution >= 4 is 26.5 Å². The van der Waals surface area contributed by atoms with Gasteiger partial charge in [-0.1, -0.05) is 35.9 Å². The molecule has 0 bridgehead atoms. The maximum atomic E-state index is 13.0. The third kappa shape index (κ3) is 4.00. The lowest BCUT2D eigenvalue weighted by atomic mass is 9.99. The third-order valence-corrected chi connectivity index (χ3v) is 7.17. The highest BCUT2D eigenvalue weighted by Gasteiger charge is 2.29. The lowest BCUT2D eigenvalue weighted by molar-refractivity contribution is -0.122. The van der Waals surface area contributed by atoms with Crippen molar-refractivity contribution < 1.29 is 13.2 Å². The molecule has 0 saturated carbocycles. The second-order valence-electron chi connectivity index (χ2n) is 7.84. The van der Waals surface area contributed by atoms with Gasteiger partial charge in [-0.15, -0.1) is 0 Å². The van der Waals surface area contributed by atoms with Gasteiger partial charge in [0.25, 0.3) is 5.56 Å². The molecule has 1 aliphatic heterocycles. The number of hydrogen-bond donors (Lipinski definition) is 1. The SMILES string of the molecule is Cc1ccc(C)c(-c2nn(CC(=O)N[C@@H]3CCS(=O)(=O)C3)c(=O)c3ccccc23)c1. The van der Waals surface area contributed by atoms with Crippen LogP contribution in [0.25, 0.3) is 22.0 Å². The van der Waals surface area contributed by atoms with E-state index in [1.54, 1.807) is 12.1 Å². The van der Waals surface area contributed by atoms with Crippen molar-refractivity contribution in [1.82, 2.24) is 15.1 Å². The maximum Gasteiger partial charge on any atom is 0.275 e. The second kappa shape index (κ2) is 7.68. The molecule has 1 saturated heterocycles. The van der Waals surface area contributed by atoms with Crippen molar-refractivity contribution in [2.45, 2.75) is 32.9 Å². The summed E-state index contributed by atoms with van der Waals surface area (Å²) < 4.78 is 24.4. The van der Waals surface area contributed by atoms with E-state index in [2.05, 4.69) is 10.4 Å². The number of rotatable bonds is 4. The molecule has 2 heterocycles. The van der Waals surface area contributed by atoms with Crippen molar-refractivity contribution in [1.29, 1.82) is 0 Å². The van der Waals surface area contributed by atoms with E-state index < -0.39 is 21.8 Å². The number of hydrogen-bond acceptors (Lipinski definition) is 5. The summed E-state index contributed by atoms with van der Waals surface area (Å²) in [5.41, 5.74) is 3.28. The molecule has 2 aromatic carbocycles. The molecule has 0 aliphatic carbocycles.